The topological polar surface area (TPSA) is 58.4 Å². The van der Waals surface area contributed by atoms with E-state index in [0.29, 0.717) is 13.0 Å². The second-order valence-electron chi connectivity index (χ2n) is 6.17. The number of carbonyl (C=O) groups excluding carboxylic acids is 1. The average molecular weight is 291 g/mol. The van der Waals surface area contributed by atoms with Crippen LogP contribution in [0.5, 0.6) is 0 Å². The average Bonchev–Trinajstić information content (AvgIpc) is 2.41. The van der Waals surface area contributed by atoms with Gasteiger partial charge in [-0.2, -0.15) is 0 Å². The molecule has 0 bridgehead atoms. The van der Waals surface area contributed by atoms with Crippen molar-refractivity contribution in [2.45, 2.75) is 52.7 Å². The molecule has 0 aliphatic rings. The van der Waals surface area contributed by atoms with Crippen molar-refractivity contribution in [1.29, 1.82) is 0 Å². The molecule has 0 fully saturated rings. The van der Waals surface area contributed by atoms with Crippen LogP contribution >= 0.6 is 0 Å². The number of amides is 1. The summed E-state index contributed by atoms with van der Waals surface area (Å²) < 4.78 is 0. The third-order valence-corrected chi connectivity index (χ3v) is 3.50. The summed E-state index contributed by atoms with van der Waals surface area (Å²) in [6.07, 6.45) is 0.339. The molecule has 0 spiro atoms. The van der Waals surface area contributed by atoms with E-state index in [2.05, 4.69) is 36.2 Å². The van der Waals surface area contributed by atoms with Crippen molar-refractivity contribution < 1.29 is 4.79 Å². The monoisotopic (exact) mass is 291 g/mol. The molecule has 1 rings (SSSR count). The third kappa shape index (κ3) is 6.74. The van der Waals surface area contributed by atoms with E-state index in [1.54, 1.807) is 0 Å². The summed E-state index contributed by atoms with van der Waals surface area (Å²) >= 11 is 0. The Hall–Kier alpha value is -1.39. The predicted molar refractivity (Wildman–Crippen MR) is 87.8 cm³/mol. The van der Waals surface area contributed by atoms with Crippen LogP contribution in [0.3, 0.4) is 0 Å². The Balaban J connectivity index is 2.65. The highest BCUT2D eigenvalue weighted by molar-refractivity contribution is 5.77. The van der Waals surface area contributed by atoms with E-state index in [0.717, 1.165) is 19.6 Å². The molecule has 118 valence electrons. The first-order chi connectivity index (χ1) is 9.85. The van der Waals surface area contributed by atoms with Gasteiger partial charge in [0.25, 0.3) is 0 Å². The van der Waals surface area contributed by atoms with E-state index < -0.39 is 5.54 Å². The number of carbonyl (C=O) groups is 1. The molecule has 0 aliphatic carbocycles. The maximum atomic E-state index is 11.9. The van der Waals surface area contributed by atoms with Crippen LogP contribution in [0.4, 0.5) is 0 Å². The molecule has 4 heteroatoms. The van der Waals surface area contributed by atoms with Crippen LogP contribution in [-0.4, -0.2) is 29.4 Å². The lowest BCUT2D eigenvalue weighted by atomic mass is 10.0. The zero-order valence-corrected chi connectivity index (χ0v) is 13.8. The van der Waals surface area contributed by atoms with Crippen molar-refractivity contribution >= 4 is 5.91 Å². The summed E-state index contributed by atoms with van der Waals surface area (Å²) in [6, 6.07) is 8.27. The smallest absolute Gasteiger partial charge is 0.222 e. The van der Waals surface area contributed by atoms with Gasteiger partial charge in [0.1, 0.15) is 0 Å². The van der Waals surface area contributed by atoms with Crippen LogP contribution < -0.4 is 11.1 Å². The van der Waals surface area contributed by atoms with Gasteiger partial charge in [0.2, 0.25) is 5.91 Å². The first-order valence-corrected chi connectivity index (χ1v) is 7.70. The SMILES string of the molecule is CCN(CC)Cc1ccccc1CNC(=O)CC(C)(C)N. The Kier molecular flexibility index (Phi) is 6.85. The highest BCUT2D eigenvalue weighted by Crippen LogP contribution is 2.12. The molecule has 0 saturated carbocycles. The van der Waals surface area contributed by atoms with Gasteiger partial charge in [-0.25, -0.2) is 0 Å². The summed E-state index contributed by atoms with van der Waals surface area (Å²) in [5, 5.41) is 2.97. The molecular formula is C17H29N3O. The van der Waals surface area contributed by atoms with E-state index in [1.807, 2.05) is 26.0 Å². The second kappa shape index (κ2) is 8.15. The molecule has 0 saturated heterocycles. The number of nitrogens with two attached hydrogens (primary N) is 1. The number of hydrogen-bond acceptors (Lipinski definition) is 3. The van der Waals surface area contributed by atoms with Crippen molar-refractivity contribution in [3.63, 3.8) is 0 Å². The molecule has 0 atom stereocenters. The van der Waals surface area contributed by atoms with E-state index in [4.69, 9.17) is 5.73 Å². The molecular weight excluding hydrogens is 262 g/mol. The fourth-order valence-electron chi connectivity index (χ4n) is 2.24. The predicted octanol–water partition coefficient (Wildman–Crippen LogP) is 2.27. The zero-order valence-electron chi connectivity index (χ0n) is 13.8. The van der Waals surface area contributed by atoms with Crippen LogP contribution in [0, 0.1) is 0 Å². The molecule has 0 radical (unpaired) electrons. The van der Waals surface area contributed by atoms with E-state index in [1.165, 1.54) is 11.1 Å². The van der Waals surface area contributed by atoms with Gasteiger partial charge in [-0.3, -0.25) is 9.69 Å². The van der Waals surface area contributed by atoms with Gasteiger partial charge in [-0.05, 0) is 38.1 Å². The third-order valence-electron chi connectivity index (χ3n) is 3.50. The molecule has 4 nitrogen and oxygen atoms in total. The maximum Gasteiger partial charge on any atom is 0.222 e. The molecule has 21 heavy (non-hydrogen) atoms. The first kappa shape index (κ1) is 17.7. The molecule has 3 N–H and O–H groups in total. The van der Waals surface area contributed by atoms with Crippen LogP contribution in [0.25, 0.3) is 0 Å². The zero-order chi connectivity index (χ0) is 15.9. The summed E-state index contributed by atoms with van der Waals surface area (Å²) in [5.74, 6) is 0.000132. The minimum atomic E-state index is -0.467. The largest absolute Gasteiger partial charge is 0.352 e. The minimum absolute atomic E-state index is 0.000132. The molecule has 1 aromatic carbocycles. The lowest BCUT2D eigenvalue weighted by Gasteiger charge is -2.21. The van der Waals surface area contributed by atoms with Gasteiger partial charge in [-0.1, -0.05) is 38.1 Å². The first-order valence-electron chi connectivity index (χ1n) is 7.70. The van der Waals surface area contributed by atoms with Crippen molar-refractivity contribution in [3.05, 3.63) is 35.4 Å². The van der Waals surface area contributed by atoms with Crippen molar-refractivity contribution in [2.24, 2.45) is 5.73 Å². The fourth-order valence-corrected chi connectivity index (χ4v) is 2.24. The molecule has 0 aliphatic heterocycles. The van der Waals surface area contributed by atoms with Gasteiger partial charge in [0.05, 0.1) is 0 Å². The number of rotatable bonds is 8. The van der Waals surface area contributed by atoms with Crippen LogP contribution in [0.2, 0.25) is 0 Å². The second-order valence-corrected chi connectivity index (χ2v) is 6.17. The van der Waals surface area contributed by atoms with Crippen molar-refractivity contribution in [1.82, 2.24) is 10.2 Å². The molecule has 1 aromatic rings. The molecule has 0 aromatic heterocycles. The summed E-state index contributed by atoms with van der Waals surface area (Å²) in [4.78, 5) is 14.2. The minimum Gasteiger partial charge on any atom is -0.352 e. The Morgan fingerprint density at radius 3 is 2.29 bits per heavy atom. The standard InChI is InChI=1S/C17H29N3O/c1-5-20(6-2)13-15-10-8-7-9-14(15)12-19-16(21)11-17(3,4)18/h7-10H,5-6,11-13,18H2,1-4H3,(H,19,21). The quantitative estimate of drug-likeness (QED) is 0.772. The highest BCUT2D eigenvalue weighted by atomic mass is 16.1. The van der Waals surface area contributed by atoms with Gasteiger partial charge in [-0.15, -0.1) is 0 Å². The number of benzene rings is 1. The lowest BCUT2D eigenvalue weighted by molar-refractivity contribution is -0.122. The summed E-state index contributed by atoms with van der Waals surface area (Å²) in [5.41, 5.74) is 7.85. The van der Waals surface area contributed by atoms with Gasteiger partial charge in [0.15, 0.2) is 0 Å². The van der Waals surface area contributed by atoms with Gasteiger partial charge < -0.3 is 11.1 Å². The van der Waals surface area contributed by atoms with E-state index in [9.17, 15) is 4.79 Å². The van der Waals surface area contributed by atoms with Crippen LogP contribution in [0.1, 0.15) is 45.2 Å². The lowest BCUT2D eigenvalue weighted by Crippen LogP contribution is -2.39. The fraction of sp³-hybridized carbons (Fsp3) is 0.588. The van der Waals surface area contributed by atoms with Crippen molar-refractivity contribution in [2.75, 3.05) is 13.1 Å². The summed E-state index contributed by atoms with van der Waals surface area (Å²) in [7, 11) is 0. The number of nitrogens with one attached hydrogen (secondary N) is 1. The molecule has 1 amide bonds. The van der Waals surface area contributed by atoms with Crippen LogP contribution in [-0.2, 0) is 17.9 Å². The number of hydrogen-bond donors (Lipinski definition) is 2. The maximum absolute atomic E-state index is 11.9. The Labute approximate surface area is 128 Å². The van der Waals surface area contributed by atoms with E-state index >= 15 is 0 Å². The molecule has 0 heterocycles. The summed E-state index contributed by atoms with van der Waals surface area (Å²) in [6.45, 7) is 11.6. The highest BCUT2D eigenvalue weighted by Gasteiger charge is 2.16. The van der Waals surface area contributed by atoms with E-state index in [-0.39, 0.29) is 5.91 Å². The number of nitrogens with zero attached hydrogens (tertiary/aromatic N) is 1. The Bertz CT molecular complexity index is 448. The molecule has 0 unspecified atom stereocenters. The van der Waals surface area contributed by atoms with Gasteiger partial charge >= 0.3 is 0 Å². The Morgan fingerprint density at radius 1 is 1.19 bits per heavy atom. The van der Waals surface area contributed by atoms with Crippen LogP contribution in [0.15, 0.2) is 24.3 Å². The normalized spacial score (nSPS) is 11.7. The van der Waals surface area contributed by atoms with Gasteiger partial charge in [0, 0.05) is 25.0 Å². The van der Waals surface area contributed by atoms with Crippen molar-refractivity contribution in [3.8, 4) is 0 Å². The Morgan fingerprint density at radius 2 is 1.76 bits per heavy atom.